The van der Waals surface area contributed by atoms with Gasteiger partial charge in [0.1, 0.15) is 0 Å². The summed E-state index contributed by atoms with van der Waals surface area (Å²) in [5.74, 6) is 0.0784. The monoisotopic (exact) mass is 404 g/mol. The van der Waals surface area contributed by atoms with E-state index in [0.29, 0.717) is 15.7 Å². The van der Waals surface area contributed by atoms with Gasteiger partial charge in [0.2, 0.25) is 5.91 Å². The van der Waals surface area contributed by atoms with E-state index in [-0.39, 0.29) is 17.7 Å². The van der Waals surface area contributed by atoms with Gasteiger partial charge in [-0.05, 0) is 24.3 Å². The smallest absolute Gasteiger partial charge is 0.234 e. The van der Waals surface area contributed by atoms with Crippen molar-refractivity contribution in [2.24, 2.45) is 10.1 Å². The van der Waals surface area contributed by atoms with Crippen LogP contribution in [0.15, 0.2) is 52.6 Å². The van der Waals surface area contributed by atoms with Crippen LogP contribution < -0.4 is 5.32 Å². The number of hydrazone groups is 1. The molecule has 2 aliphatic heterocycles. The van der Waals surface area contributed by atoms with E-state index >= 15 is 0 Å². The van der Waals surface area contributed by atoms with Crippen LogP contribution in [0.3, 0.4) is 0 Å². The molecule has 26 heavy (non-hydrogen) atoms. The summed E-state index contributed by atoms with van der Waals surface area (Å²) in [6.07, 6.45) is 2.73. The lowest BCUT2D eigenvalue weighted by Gasteiger charge is -2.29. The van der Waals surface area contributed by atoms with Crippen molar-refractivity contribution in [1.82, 2.24) is 5.01 Å². The normalized spacial score (nSPS) is 17.5. The highest BCUT2D eigenvalue weighted by molar-refractivity contribution is 8.14. The van der Waals surface area contributed by atoms with E-state index in [9.17, 15) is 4.79 Å². The van der Waals surface area contributed by atoms with Crippen molar-refractivity contribution in [2.75, 3.05) is 11.1 Å². The van der Waals surface area contributed by atoms with Crippen molar-refractivity contribution in [3.05, 3.63) is 58.1 Å². The number of hydrogen-bond acceptors (Lipinski definition) is 5. The van der Waals surface area contributed by atoms with Crippen LogP contribution in [-0.4, -0.2) is 28.1 Å². The van der Waals surface area contributed by atoms with Gasteiger partial charge in [-0.2, -0.15) is 5.10 Å². The molecule has 5 nitrogen and oxygen atoms in total. The molecule has 132 valence electrons. The lowest BCUT2D eigenvalue weighted by atomic mass is 10.0. The Morgan fingerprint density at radius 2 is 2.08 bits per heavy atom. The van der Waals surface area contributed by atoms with E-state index in [1.165, 1.54) is 11.8 Å². The standard InChI is InChI=1S/C18H14Cl2N4OS/c19-13-6-5-11(9-14(13)20)22-17(25)10-26-18-23-15-4-2-1-3-12(15)16-7-8-21-24(16)18/h1-6,8-9,16H,7,10H2,(H,22,25). The number of amidine groups is 1. The number of hydrogen-bond donors (Lipinski definition) is 1. The number of carbonyl (C=O) groups is 1. The summed E-state index contributed by atoms with van der Waals surface area (Å²) in [4.78, 5) is 16.9. The molecule has 0 radical (unpaired) electrons. The molecule has 0 spiro atoms. The second-order valence-corrected chi connectivity index (χ2v) is 7.57. The highest BCUT2D eigenvalue weighted by atomic mass is 35.5. The van der Waals surface area contributed by atoms with E-state index in [1.807, 2.05) is 29.4 Å². The second kappa shape index (κ2) is 7.31. The number of halogens is 2. The fourth-order valence-electron chi connectivity index (χ4n) is 2.88. The third-order valence-corrected chi connectivity index (χ3v) is 5.76. The topological polar surface area (TPSA) is 57.1 Å². The maximum atomic E-state index is 12.3. The minimum absolute atomic E-state index is 0.144. The summed E-state index contributed by atoms with van der Waals surface area (Å²) in [5.41, 5.74) is 2.71. The van der Waals surface area contributed by atoms with Gasteiger partial charge in [0, 0.05) is 23.9 Å². The predicted octanol–water partition coefficient (Wildman–Crippen LogP) is 5.10. The van der Waals surface area contributed by atoms with E-state index in [2.05, 4.69) is 21.5 Å². The number of aliphatic imine (C=N–C) groups is 1. The number of rotatable bonds is 3. The first-order valence-electron chi connectivity index (χ1n) is 7.99. The van der Waals surface area contributed by atoms with Crippen LogP contribution in [-0.2, 0) is 4.79 Å². The van der Waals surface area contributed by atoms with E-state index in [4.69, 9.17) is 23.2 Å². The SMILES string of the molecule is O=C(CSC1=Nc2ccccc2C2CC=NN12)Nc1ccc(Cl)c(Cl)c1. The Morgan fingerprint density at radius 3 is 2.92 bits per heavy atom. The quantitative estimate of drug-likeness (QED) is 0.773. The molecule has 0 fully saturated rings. The number of amides is 1. The first-order chi connectivity index (χ1) is 12.6. The number of nitrogens with zero attached hydrogens (tertiary/aromatic N) is 3. The Labute approximate surface area is 165 Å². The average molecular weight is 405 g/mol. The number of carbonyl (C=O) groups excluding carboxylic acids is 1. The van der Waals surface area contributed by atoms with Crippen molar-refractivity contribution in [3.8, 4) is 0 Å². The van der Waals surface area contributed by atoms with E-state index in [1.54, 1.807) is 18.2 Å². The van der Waals surface area contributed by atoms with Crippen LogP contribution in [0.25, 0.3) is 0 Å². The summed E-state index contributed by atoms with van der Waals surface area (Å²) in [6, 6.07) is 13.2. The zero-order valence-corrected chi connectivity index (χ0v) is 15.9. The molecule has 2 aromatic rings. The predicted molar refractivity (Wildman–Crippen MR) is 109 cm³/mol. The Kier molecular flexibility index (Phi) is 4.89. The fraction of sp³-hybridized carbons (Fsp3) is 0.167. The summed E-state index contributed by atoms with van der Waals surface area (Å²) in [6.45, 7) is 0. The molecule has 0 saturated heterocycles. The molecule has 1 amide bonds. The molecule has 0 aliphatic carbocycles. The van der Waals surface area contributed by atoms with Crippen molar-refractivity contribution in [3.63, 3.8) is 0 Å². The number of para-hydroxylation sites is 1. The third kappa shape index (κ3) is 3.45. The molecule has 4 rings (SSSR count). The van der Waals surface area contributed by atoms with Crippen LogP contribution in [0.4, 0.5) is 11.4 Å². The Balaban J connectivity index is 1.45. The van der Waals surface area contributed by atoms with Gasteiger partial charge in [-0.1, -0.05) is 53.2 Å². The van der Waals surface area contributed by atoms with Gasteiger partial charge in [0.05, 0.1) is 27.5 Å². The molecule has 8 heteroatoms. The van der Waals surface area contributed by atoms with Crippen molar-refractivity contribution in [1.29, 1.82) is 0 Å². The Hall–Kier alpha value is -2.02. The summed E-state index contributed by atoms with van der Waals surface area (Å²) in [5, 5.41) is 10.7. The lowest BCUT2D eigenvalue weighted by molar-refractivity contribution is -0.113. The zero-order chi connectivity index (χ0) is 18.1. The minimum atomic E-state index is -0.144. The minimum Gasteiger partial charge on any atom is -0.325 e. The van der Waals surface area contributed by atoms with Gasteiger partial charge >= 0.3 is 0 Å². The molecular weight excluding hydrogens is 391 g/mol. The van der Waals surface area contributed by atoms with Crippen LogP contribution in [0.2, 0.25) is 10.0 Å². The summed E-state index contributed by atoms with van der Waals surface area (Å²) >= 11 is 13.2. The maximum absolute atomic E-state index is 12.3. The van der Waals surface area contributed by atoms with Crippen LogP contribution in [0, 0.1) is 0 Å². The molecular formula is C18H14Cl2N4OS. The van der Waals surface area contributed by atoms with Crippen LogP contribution in [0.1, 0.15) is 18.0 Å². The average Bonchev–Trinajstić information content (AvgIpc) is 3.13. The fourth-order valence-corrected chi connectivity index (χ4v) is 3.98. The number of anilines is 1. The highest BCUT2D eigenvalue weighted by Gasteiger charge is 2.32. The molecule has 2 heterocycles. The van der Waals surface area contributed by atoms with Gasteiger partial charge < -0.3 is 5.32 Å². The largest absolute Gasteiger partial charge is 0.325 e. The van der Waals surface area contributed by atoms with Crippen LogP contribution in [0.5, 0.6) is 0 Å². The van der Waals surface area contributed by atoms with Gasteiger partial charge in [0.15, 0.2) is 5.17 Å². The molecule has 0 bridgehead atoms. The Bertz CT molecular complexity index is 931. The molecule has 2 aliphatic rings. The van der Waals surface area contributed by atoms with E-state index in [0.717, 1.165) is 22.8 Å². The first kappa shape index (κ1) is 17.4. The maximum Gasteiger partial charge on any atom is 0.234 e. The van der Waals surface area contributed by atoms with Crippen molar-refractivity contribution < 1.29 is 4.79 Å². The zero-order valence-electron chi connectivity index (χ0n) is 13.5. The number of fused-ring (bicyclic) bond motifs is 3. The molecule has 1 unspecified atom stereocenters. The highest BCUT2D eigenvalue weighted by Crippen LogP contribution is 2.40. The number of nitrogens with one attached hydrogen (secondary N) is 1. The van der Waals surface area contributed by atoms with Gasteiger partial charge in [0.25, 0.3) is 0 Å². The van der Waals surface area contributed by atoms with E-state index < -0.39 is 0 Å². The van der Waals surface area contributed by atoms with Gasteiger partial charge in [-0.25, -0.2) is 10.0 Å². The van der Waals surface area contributed by atoms with Crippen molar-refractivity contribution in [2.45, 2.75) is 12.5 Å². The molecule has 1 N–H and O–H groups in total. The third-order valence-electron chi connectivity index (χ3n) is 4.07. The summed E-state index contributed by atoms with van der Waals surface area (Å²) in [7, 11) is 0. The van der Waals surface area contributed by atoms with Gasteiger partial charge in [-0.3, -0.25) is 4.79 Å². The van der Waals surface area contributed by atoms with Gasteiger partial charge in [-0.15, -0.1) is 0 Å². The van der Waals surface area contributed by atoms with Crippen LogP contribution >= 0.6 is 35.0 Å². The summed E-state index contributed by atoms with van der Waals surface area (Å²) < 4.78 is 0. The Morgan fingerprint density at radius 1 is 1.23 bits per heavy atom. The first-order valence-corrected chi connectivity index (χ1v) is 9.73. The molecule has 1 atom stereocenters. The lowest BCUT2D eigenvalue weighted by Crippen LogP contribution is -2.29. The molecule has 2 aromatic carbocycles. The van der Waals surface area contributed by atoms with Crippen molar-refractivity contribution >= 4 is 63.6 Å². The number of thioether (sulfide) groups is 1. The molecule has 0 aromatic heterocycles. The molecule has 0 saturated carbocycles. The number of benzene rings is 2. The second-order valence-electron chi connectivity index (χ2n) is 5.81.